The number of hydrogen-bond donors (Lipinski definition) is 2. The van der Waals surface area contributed by atoms with Crippen molar-refractivity contribution in [3.63, 3.8) is 0 Å². The van der Waals surface area contributed by atoms with E-state index >= 15 is 0 Å². The van der Waals surface area contributed by atoms with E-state index in [0.29, 0.717) is 6.54 Å². The van der Waals surface area contributed by atoms with Crippen molar-refractivity contribution in [1.82, 2.24) is 0 Å². The first-order chi connectivity index (χ1) is 8.56. The van der Waals surface area contributed by atoms with Crippen LogP contribution in [-0.2, 0) is 13.6 Å². The van der Waals surface area contributed by atoms with Crippen molar-refractivity contribution in [3.05, 3.63) is 47.4 Å². The molecule has 2 heterocycles. The third-order valence-electron chi connectivity index (χ3n) is 3.05. The molecule has 2 aromatic heterocycles. The Balaban J connectivity index is 2.13. The van der Waals surface area contributed by atoms with Crippen LogP contribution in [0.1, 0.15) is 17.0 Å². The number of nitrogen functional groups attached to an aromatic ring is 1. The average Bonchev–Trinajstić information content (AvgIpc) is 2.32. The highest BCUT2D eigenvalue weighted by atomic mass is 15.0. The van der Waals surface area contributed by atoms with E-state index in [1.54, 1.807) is 0 Å². The molecule has 4 heteroatoms. The molecular formula is C14H20N4+2. The van der Waals surface area contributed by atoms with Crippen LogP contribution < -0.4 is 20.6 Å². The van der Waals surface area contributed by atoms with E-state index < -0.39 is 0 Å². The molecule has 0 aromatic carbocycles. The molecule has 94 valence electrons. The first-order valence-corrected chi connectivity index (χ1v) is 6.03. The molecule has 4 N–H and O–H groups in total. The molecule has 2 rings (SSSR count). The lowest BCUT2D eigenvalue weighted by Crippen LogP contribution is -2.32. The van der Waals surface area contributed by atoms with Crippen LogP contribution in [0, 0.1) is 13.8 Å². The topological polar surface area (TPSA) is 56.1 Å². The number of nitrogens with zero attached hydrogens (tertiary/aromatic N) is 1. The monoisotopic (exact) mass is 244 g/mol. The summed E-state index contributed by atoms with van der Waals surface area (Å²) in [5, 5.41) is 3.34. The van der Waals surface area contributed by atoms with Crippen LogP contribution >= 0.6 is 0 Å². The van der Waals surface area contributed by atoms with Gasteiger partial charge in [-0.3, -0.25) is 5.32 Å². The Bertz CT molecular complexity index is 564. The third kappa shape index (κ3) is 2.77. The van der Waals surface area contributed by atoms with Gasteiger partial charge in [0.05, 0.1) is 16.9 Å². The fourth-order valence-electron chi connectivity index (χ4n) is 1.86. The molecule has 18 heavy (non-hydrogen) atoms. The Morgan fingerprint density at radius 2 is 2.11 bits per heavy atom. The fraction of sp³-hybridized carbons (Fsp3) is 0.286. The van der Waals surface area contributed by atoms with E-state index in [-0.39, 0.29) is 0 Å². The van der Waals surface area contributed by atoms with Gasteiger partial charge in [-0.15, -0.1) is 0 Å². The van der Waals surface area contributed by atoms with Crippen LogP contribution in [-0.4, -0.2) is 0 Å². The molecule has 0 atom stereocenters. The molecular weight excluding hydrogens is 224 g/mol. The second-order valence-corrected chi connectivity index (χ2v) is 4.61. The van der Waals surface area contributed by atoms with E-state index in [1.165, 1.54) is 0 Å². The molecule has 0 radical (unpaired) electrons. The molecule has 0 unspecified atom stereocenters. The number of aryl methyl sites for hydroxylation is 3. The van der Waals surface area contributed by atoms with Gasteiger partial charge < -0.3 is 5.73 Å². The van der Waals surface area contributed by atoms with Crippen molar-refractivity contribution in [2.45, 2.75) is 20.4 Å². The molecule has 0 saturated heterocycles. The summed E-state index contributed by atoms with van der Waals surface area (Å²) >= 11 is 0. The molecule has 0 bridgehead atoms. The molecule has 0 fully saturated rings. The number of aromatic nitrogens is 2. The van der Waals surface area contributed by atoms with Crippen LogP contribution in [0.4, 0.5) is 11.5 Å². The maximum absolute atomic E-state index is 6.02. The van der Waals surface area contributed by atoms with Gasteiger partial charge in [-0.1, -0.05) is 6.07 Å². The number of H-pyrrole nitrogens is 1. The zero-order valence-corrected chi connectivity index (χ0v) is 11.1. The van der Waals surface area contributed by atoms with Gasteiger partial charge in [-0.25, -0.2) is 9.55 Å². The number of aromatic amines is 1. The number of nitrogens with one attached hydrogen (secondary N) is 2. The standard InChI is InChI=1S/C14H18N4/c1-10-5-4-6-14(17-10)16-8-12-9-18(3)11(2)7-13(12)15/h4-7,9,15H,8H2,1-3H3,(H,16,17)/p+2. The summed E-state index contributed by atoms with van der Waals surface area (Å²) in [5.74, 6) is 0.998. The van der Waals surface area contributed by atoms with Gasteiger partial charge in [0, 0.05) is 19.1 Å². The fourth-order valence-corrected chi connectivity index (χ4v) is 1.86. The largest absolute Gasteiger partial charge is 0.398 e. The third-order valence-corrected chi connectivity index (χ3v) is 3.05. The highest BCUT2D eigenvalue weighted by molar-refractivity contribution is 5.46. The minimum absolute atomic E-state index is 0.708. The lowest BCUT2D eigenvalue weighted by Gasteiger charge is -2.04. The Labute approximate surface area is 107 Å². The van der Waals surface area contributed by atoms with Gasteiger partial charge in [0.25, 0.3) is 5.82 Å². The van der Waals surface area contributed by atoms with Crippen molar-refractivity contribution < 1.29 is 9.55 Å². The lowest BCUT2D eigenvalue weighted by molar-refractivity contribution is -0.677. The zero-order valence-electron chi connectivity index (χ0n) is 11.1. The summed E-state index contributed by atoms with van der Waals surface area (Å²) < 4.78 is 2.08. The van der Waals surface area contributed by atoms with Gasteiger partial charge in [-0.05, 0) is 13.0 Å². The molecule has 0 aliphatic carbocycles. The van der Waals surface area contributed by atoms with Gasteiger partial charge >= 0.3 is 0 Å². The predicted molar refractivity (Wildman–Crippen MR) is 71.8 cm³/mol. The quantitative estimate of drug-likeness (QED) is 0.795. The summed E-state index contributed by atoms with van der Waals surface area (Å²) in [4.78, 5) is 3.26. The number of pyridine rings is 2. The van der Waals surface area contributed by atoms with E-state index in [1.807, 2.05) is 45.2 Å². The summed E-state index contributed by atoms with van der Waals surface area (Å²) in [7, 11) is 2.02. The summed E-state index contributed by atoms with van der Waals surface area (Å²) in [6.45, 7) is 4.78. The number of hydrogen-bond acceptors (Lipinski definition) is 2. The van der Waals surface area contributed by atoms with Crippen molar-refractivity contribution in [2.24, 2.45) is 7.05 Å². The Hall–Kier alpha value is -2.10. The molecule has 0 spiro atoms. The number of anilines is 2. The Kier molecular flexibility index (Phi) is 3.46. The van der Waals surface area contributed by atoms with Crippen molar-refractivity contribution in [3.8, 4) is 0 Å². The second-order valence-electron chi connectivity index (χ2n) is 4.61. The Morgan fingerprint density at radius 3 is 2.83 bits per heavy atom. The normalized spacial score (nSPS) is 10.4. The van der Waals surface area contributed by atoms with E-state index in [2.05, 4.69) is 21.1 Å². The maximum Gasteiger partial charge on any atom is 0.272 e. The summed E-state index contributed by atoms with van der Waals surface area (Å²) in [6, 6.07) is 8.06. The number of nitrogens with two attached hydrogens (primary N) is 1. The molecule has 0 aliphatic heterocycles. The van der Waals surface area contributed by atoms with E-state index in [4.69, 9.17) is 5.73 Å². The van der Waals surface area contributed by atoms with Crippen LogP contribution in [0.2, 0.25) is 0 Å². The van der Waals surface area contributed by atoms with Crippen molar-refractivity contribution in [1.29, 1.82) is 0 Å². The summed E-state index contributed by atoms with van der Waals surface area (Å²) in [5.41, 5.74) is 10.2. The van der Waals surface area contributed by atoms with Gasteiger partial charge in [0.1, 0.15) is 13.6 Å². The van der Waals surface area contributed by atoms with E-state index in [9.17, 15) is 0 Å². The molecule has 4 nitrogen and oxygen atoms in total. The minimum Gasteiger partial charge on any atom is -0.398 e. The van der Waals surface area contributed by atoms with Crippen molar-refractivity contribution >= 4 is 11.5 Å². The highest BCUT2D eigenvalue weighted by Crippen LogP contribution is 2.11. The zero-order chi connectivity index (χ0) is 13.1. The van der Waals surface area contributed by atoms with Crippen LogP contribution in [0.15, 0.2) is 30.5 Å². The molecule has 0 amide bonds. The first-order valence-electron chi connectivity index (χ1n) is 6.03. The molecule has 0 saturated carbocycles. The van der Waals surface area contributed by atoms with Gasteiger partial charge in [-0.2, -0.15) is 0 Å². The smallest absolute Gasteiger partial charge is 0.272 e. The van der Waals surface area contributed by atoms with Gasteiger partial charge in [0.15, 0.2) is 11.9 Å². The predicted octanol–water partition coefficient (Wildman–Crippen LogP) is 1.14. The van der Waals surface area contributed by atoms with Crippen molar-refractivity contribution in [2.75, 3.05) is 11.1 Å². The maximum atomic E-state index is 6.02. The molecule has 0 aliphatic rings. The van der Waals surface area contributed by atoms with Gasteiger partial charge in [0.2, 0.25) is 0 Å². The molecule has 2 aromatic rings. The van der Waals surface area contributed by atoms with E-state index in [0.717, 1.165) is 28.5 Å². The van der Waals surface area contributed by atoms with Crippen LogP contribution in [0.3, 0.4) is 0 Å². The highest BCUT2D eigenvalue weighted by Gasteiger charge is 2.11. The Morgan fingerprint density at radius 1 is 1.33 bits per heavy atom. The first kappa shape index (κ1) is 12.4. The van der Waals surface area contributed by atoms with Crippen LogP contribution in [0.25, 0.3) is 0 Å². The van der Waals surface area contributed by atoms with Crippen LogP contribution in [0.5, 0.6) is 0 Å². The lowest BCUT2D eigenvalue weighted by atomic mass is 10.2. The summed E-state index contributed by atoms with van der Waals surface area (Å²) in [6.07, 6.45) is 2.06. The number of rotatable bonds is 3. The minimum atomic E-state index is 0.708. The average molecular weight is 244 g/mol. The second kappa shape index (κ2) is 5.04. The SMILES string of the molecule is Cc1cccc(NCc2c[n+](C)c(C)cc2N)[nH+]1.